The Labute approximate surface area is 127 Å². The van der Waals surface area contributed by atoms with Gasteiger partial charge in [0.25, 0.3) is 0 Å². The lowest BCUT2D eigenvalue weighted by Gasteiger charge is -2.05. The Bertz CT molecular complexity index is 727. The summed E-state index contributed by atoms with van der Waals surface area (Å²) in [5.74, 6) is 0.129. The molecule has 0 saturated heterocycles. The molecule has 0 aliphatic carbocycles. The number of carbonyl (C=O) groups excluding carboxylic acids is 1. The second kappa shape index (κ2) is 5.78. The van der Waals surface area contributed by atoms with Gasteiger partial charge in [-0.25, -0.2) is 0 Å². The number of anilines is 1. The molecule has 0 spiro atoms. The fraction of sp³-hybridized carbons (Fsp3) is 0.0909. The van der Waals surface area contributed by atoms with Crippen molar-refractivity contribution in [3.63, 3.8) is 0 Å². The molecular formula is C11H8ClN5OS2. The first-order valence-electron chi connectivity index (χ1n) is 5.56. The molecule has 0 fully saturated rings. The normalized spacial score (nSPS) is 10.8. The van der Waals surface area contributed by atoms with Gasteiger partial charge in [0, 0.05) is 0 Å². The molecule has 1 aromatic carbocycles. The van der Waals surface area contributed by atoms with Gasteiger partial charge < -0.3 is 5.32 Å². The van der Waals surface area contributed by atoms with Gasteiger partial charge in [-0.15, -0.1) is 15.3 Å². The van der Waals surface area contributed by atoms with Gasteiger partial charge in [0.05, 0.1) is 16.5 Å². The lowest BCUT2D eigenvalue weighted by Crippen LogP contribution is -2.14. The van der Waals surface area contributed by atoms with Crippen LogP contribution in [0.15, 0.2) is 34.9 Å². The van der Waals surface area contributed by atoms with Crippen molar-refractivity contribution in [2.24, 2.45) is 0 Å². The molecule has 0 aliphatic rings. The topological polar surface area (TPSA) is 72.2 Å². The van der Waals surface area contributed by atoms with Crippen LogP contribution in [0.3, 0.4) is 0 Å². The smallest absolute Gasteiger partial charge is 0.235 e. The molecule has 0 bridgehead atoms. The van der Waals surface area contributed by atoms with E-state index in [0.717, 1.165) is 4.34 Å². The van der Waals surface area contributed by atoms with Crippen molar-refractivity contribution >= 4 is 51.3 Å². The highest BCUT2D eigenvalue weighted by Gasteiger charge is 2.10. The molecule has 0 radical (unpaired) electrons. The van der Waals surface area contributed by atoms with Crippen molar-refractivity contribution in [2.45, 2.75) is 4.34 Å². The number of aromatic nitrogens is 4. The van der Waals surface area contributed by atoms with Crippen LogP contribution in [0, 0.1) is 0 Å². The number of rotatable bonds is 4. The van der Waals surface area contributed by atoms with E-state index >= 15 is 0 Å². The van der Waals surface area contributed by atoms with Crippen LogP contribution in [-0.2, 0) is 4.79 Å². The number of thioether (sulfide) groups is 1. The Morgan fingerprint density at radius 3 is 3.10 bits per heavy atom. The van der Waals surface area contributed by atoms with Crippen LogP contribution < -0.4 is 5.32 Å². The van der Waals surface area contributed by atoms with E-state index in [-0.39, 0.29) is 11.7 Å². The summed E-state index contributed by atoms with van der Waals surface area (Å²) in [5.41, 5.74) is 0.609. The van der Waals surface area contributed by atoms with Crippen molar-refractivity contribution in [3.05, 3.63) is 35.6 Å². The fourth-order valence-corrected chi connectivity index (χ4v) is 3.32. The van der Waals surface area contributed by atoms with Crippen molar-refractivity contribution in [1.82, 2.24) is 19.8 Å². The minimum atomic E-state index is -0.130. The summed E-state index contributed by atoms with van der Waals surface area (Å²) in [5, 5.41) is 15.1. The summed E-state index contributed by atoms with van der Waals surface area (Å²) >= 11 is 8.71. The standard InChI is InChI=1S/C11H8ClN5OS2/c12-7-3-1-2-4-8(7)14-9(18)5-19-11-16-17-6-13-15-10(17)20-11/h1-4,6H,5H2,(H,14,18). The van der Waals surface area contributed by atoms with Crippen molar-refractivity contribution in [2.75, 3.05) is 11.1 Å². The lowest BCUT2D eigenvalue weighted by molar-refractivity contribution is -0.113. The first-order valence-corrected chi connectivity index (χ1v) is 7.74. The molecule has 0 saturated carbocycles. The maximum atomic E-state index is 11.8. The Morgan fingerprint density at radius 2 is 2.30 bits per heavy atom. The van der Waals surface area contributed by atoms with Crippen molar-refractivity contribution in [1.29, 1.82) is 0 Å². The number of para-hydroxylation sites is 1. The van der Waals surface area contributed by atoms with Crippen molar-refractivity contribution < 1.29 is 4.79 Å². The van der Waals surface area contributed by atoms with E-state index in [0.29, 0.717) is 15.7 Å². The Kier molecular flexibility index (Phi) is 3.86. The van der Waals surface area contributed by atoms with Gasteiger partial charge in [0.2, 0.25) is 10.9 Å². The van der Waals surface area contributed by atoms with Crippen LogP contribution >= 0.6 is 34.7 Å². The number of amides is 1. The predicted octanol–water partition coefficient (Wildman–Crippen LogP) is 2.57. The van der Waals surface area contributed by atoms with Crippen LogP contribution in [0.5, 0.6) is 0 Å². The summed E-state index contributed by atoms with van der Waals surface area (Å²) in [6.07, 6.45) is 1.53. The number of benzene rings is 1. The van der Waals surface area contributed by atoms with Crippen molar-refractivity contribution in [3.8, 4) is 0 Å². The van der Waals surface area contributed by atoms with Crippen LogP contribution in [0.2, 0.25) is 5.02 Å². The van der Waals surface area contributed by atoms with E-state index in [1.165, 1.54) is 29.4 Å². The molecule has 1 amide bonds. The maximum absolute atomic E-state index is 11.8. The zero-order chi connectivity index (χ0) is 13.9. The summed E-state index contributed by atoms with van der Waals surface area (Å²) in [6.45, 7) is 0. The quantitative estimate of drug-likeness (QED) is 0.746. The van der Waals surface area contributed by atoms with Gasteiger partial charge in [-0.2, -0.15) is 4.52 Å². The zero-order valence-corrected chi connectivity index (χ0v) is 12.4. The molecule has 9 heteroatoms. The predicted molar refractivity (Wildman–Crippen MR) is 79.5 cm³/mol. The van der Waals surface area contributed by atoms with E-state index in [4.69, 9.17) is 11.6 Å². The lowest BCUT2D eigenvalue weighted by atomic mass is 10.3. The van der Waals surface area contributed by atoms with E-state index in [1.807, 2.05) is 12.1 Å². The Morgan fingerprint density at radius 1 is 1.45 bits per heavy atom. The fourth-order valence-electron chi connectivity index (χ4n) is 1.48. The van der Waals surface area contributed by atoms with E-state index in [1.54, 1.807) is 16.6 Å². The van der Waals surface area contributed by atoms with Gasteiger partial charge >= 0.3 is 0 Å². The number of nitrogens with zero attached hydrogens (tertiary/aromatic N) is 4. The summed E-state index contributed by atoms with van der Waals surface area (Å²) < 4.78 is 2.35. The van der Waals surface area contributed by atoms with Gasteiger partial charge in [0.1, 0.15) is 6.33 Å². The number of hydrogen-bond acceptors (Lipinski definition) is 6. The van der Waals surface area contributed by atoms with Gasteiger partial charge in [-0.05, 0) is 12.1 Å². The summed E-state index contributed by atoms with van der Waals surface area (Å²) in [6, 6.07) is 7.12. The van der Waals surface area contributed by atoms with Gasteiger partial charge in [-0.1, -0.05) is 46.8 Å². The molecule has 0 atom stereocenters. The number of carbonyl (C=O) groups is 1. The number of halogens is 1. The first kappa shape index (κ1) is 13.3. The number of hydrogen-bond donors (Lipinski definition) is 1. The third kappa shape index (κ3) is 2.92. The highest BCUT2D eigenvalue weighted by Crippen LogP contribution is 2.24. The Hall–Kier alpha value is -1.64. The molecule has 0 aliphatic heterocycles. The molecule has 20 heavy (non-hydrogen) atoms. The first-order chi connectivity index (χ1) is 9.72. The summed E-state index contributed by atoms with van der Waals surface area (Å²) in [4.78, 5) is 12.6. The molecule has 3 rings (SSSR count). The molecule has 102 valence electrons. The number of fused-ring (bicyclic) bond motifs is 1. The maximum Gasteiger partial charge on any atom is 0.235 e. The van der Waals surface area contributed by atoms with Crippen LogP contribution in [-0.4, -0.2) is 31.5 Å². The van der Waals surface area contributed by atoms with Gasteiger partial charge in [0.15, 0.2) is 4.34 Å². The molecule has 6 nitrogen and oxygen atoms in total. The molecule has 2 aromatic heterocycles. The van der Waals surface area contributed by atoms with Gasteiger partial charge in [-0.3, -0.25) is 4.79 Å². The SMILES string of the molecule is O=C(CSc1nn2cnnc2s1)Nc1ccccc1Cl. The monoisotopic (exact) mass is 325 g/mol. The highest BCUT2D eigenvalue weighted by atomic mass is 35.5. The van der Waals surface area contributed by atoms with E-state index in [9.17, 15) is 4.79 Å². The minimum absolute atomic E-state index is 0.130. The van der Waals surface area contributed by atoms with Crippen LogP contribution in [0.25, 0.3) is 4.96 Å². The largest absolute Gasteiger partial charge is 0.324 e. The highest BCUT2D eigenvalue weighted by molar-refractivity contribution is 8.01. The third-order valence-corrected chi connectivity index (χ3v) is 4.72. The van der Waals surface area contributed by atoms with Crippen LogP contribution in [0.4, 0.5) is 5.69 Å². The van der Waals surface area contributed by atoms with E-state index in [2.05, 4.69) is 20.6 Å². The zero-order valence-electron chi connectivity index (χ0n) is 9.99. The summed E-state index contributed by atoms with van der Waals surface area (Å²) in [7, 11) is 0. The molecule has 3 aromatic rings. The minimum Gasteiger partial charge on any atom is -0.324 e. The van der Waals surface area contributed by atoms with Crippen LogP contribution in [0.1, 0.15) is 0 Å². The molecule has 0 unspecified atom stereocenters. The average molecular weight is 326 g/mol. The second-order valence-electron chi connectivity index (χ2n) is 3.74. The molecule has 2 heterocycles. The van der Waals surface area contributed by atoms with E-state index < -0.39 is 0 Å². The molecule has 1 N–H and O–H groups in total. The molecular weight excluding hydrogens is 318 g/mol. The second-order valence-corrected chi connectivity index (χ2v) is 6.33. The Balaban J connectivity index is 1.59. The third-order valence-electron chi connectivity index (χ3n) is 2.34. The number of nitrogens with one attached hydrogen (secondary N) is 1. The average Bonchev–Trinajstić information content (AvgIpc) is 3.00.